The van der Waals surface area contributed by atoms with Crippen molar-refractivity contribution in [3.63, 3.8) is 0 Å². The molecule has 1 aliphatic heterocycles. The molecule has 5 rings (SSSR count). The van der Waals surface area contributed by atoms with E-state index in [0.717, 1.165) is 35.9 Å². The van der Waals surface area contributed by atoms with Crippen LogP contribution >= 0.6 is 0 Å². The van der Waals surface area contributed by atoms with Gasteiger partial charge in [0.25, 0.3) is 5.91 Å². The second-order valence-electron chi connectivity index (χ2n) is 10.8. The van der Waals surface area contributed by atoms with Crippen LogP contribution in [-0.4, -0.2) is 50.3 Å². The minimum absolute atomic E-state index is 0.0603. The molecule has 3 heterocycles. The number of nitrogens with one attached hydrogen (secondary N) is 2. The van der Waals surface area contributed by atoms with Crippen molar-refractivity contribution in [3.8, 4) is 40.1 Å². The maximum Gasteiger partial charge on any atom is 0.419 e. The first-order valence-electron chi connectivity index (χ1n) is 14.5. The van der Waals surface area contributed by atoms with E-state index >= 15 is 0 Å². The summed E-state index contributed by atoms with van der Waals surface area (Å²) in [5, 5.41) is 41.8. The van der Waals surface area contributed by atoms with E-state index in [9.17, 15) is 38.0 Å². The number of phenolic OH excluding ortho intramolecular Hbond substituents is 1. The van der Waals surface area contributed by atoms with Crippen LogP contribution in [0, 0.1) is 28.5 Å². The number of halogens is 4. The molecule has 15 heteroatoms. The largest absolute Gasteiger partial charge is 0.507 e. The van der Waals surface area contributed by atoms with E-state index in [4.69, 9.17) is 5.21 Å². The van der Waals surface area contributed by atoms with Gasteiger partial charge in [0.1, 0.15) is 35.1 Å². The summed E-state index contributed by atoms with van der Waals surface area (Å²) in [6.07, 6.45) is 3.58. The number of amides is 1. The summed E-state index contributed by atoms with van der Waals surface area (Å²) >= 11 is 0. The Labute approximate surface area is 271 Å². The van der Waals surface area contributed by atoms with Crippen molar-refractivity contribution in [2.24, 2.45) is 0 Å². The highest BCUT2D eigenvalue weighted by atomic mass is 19.4. The Bertz CT molecular complexity index is 1940. The molecule has 0 spiro atoms. The summed E-state index contributed by atoms with van der Waals surface area (Å²) in [7, 11) is 0. The average molecular weight is 659 g/mol. The van der Waals surface area contributed by atoms with Crippen molar-refractivity contribution >= 4 is 17.8 Å². The van der Waals surface area contributed by atoms with Crippen LogP contribution in [0.15, 0.2) is 61.1 Å². The molecule has 1 aliphatic rings. The van der Waals surface area contributed by atoms with Crippen LogP contribution in [0.3, 0.4) is 0 Å². The molecule has 4 N–H and O–H groups in total. The summed E-state index contributed by atoms with van der Waals surface area (Å²) < 4.78 is 54.8. The van der Waals surface area contributed by atoms with Crippen molar-refractivity contribution in [1.82, 2.24) is 25.7 Å². The number of nitrogens with zero attached hydrogens (tertiary/aromatic N) is 6. The van der Waals surface area contributed by atoms with Crippen LogP contribution in [0.2, 0.25) is 0 Å². The number of pyridine rings is 1. The summed E-state index contributed by atoms with van der Waals surface area (Å²) in [6, 6.07) is 10.6. The molecule has 0 atom stereocenters. The Morgan fingerprint density at radius 3 is 2.33 bits per heavy atom. The number of carbonyl (C=O) groups excluding carboxylic acids is 1. The molecule has 244 valence electrons. The fourth-order valence-corrected chi connectivity index (χ4v) is 5.35. The highest BCUT2D eigenvalue weighted by Gasteiger charge is 2.34. The molecule has 0 bridgehead atoms. The van der Waals surface area contributed by atoms with Crippen LogP contribution < -0.4 is 15.7 Å². The first-order chi connectivity index (χ1) is 23.0. The molecular formula is C33H26F4N8O3. The number of anilines is 1. The van der Waals surface area contributed by atoms with Crippen LogP contribution in [0.5, 0.6) is 5.75 Å². The van der Waals surface area contributed by atoms with E-state index in [1.807, 2.05) is 4.90 Å². The van der Waals surface area contributed by atoms with Gasteiger partial charge in [-0.15, -0.1) is 0 Å². The molecule has 0 unspecified atom stereocenters. The molecular weight excluding hydrogens is 632 g/mol. The van der Waals surface area contributed by atoms with E-state index < -0.39 is 29.2 Å². The van der Waals surface area contributed by atoms with Crippen molar-refractivity contribution in [3.05, 3.63) is 95.0 Å². The molecule has 1 amide bonds. The van der Waals surface area contributed by atoms with Gasteiger partial charge in [-0.05, 0) is 54.3 Å². The number of carbonyl (C=O) groups is 1. The minimum Gasteiger partial charge on any atom is -0.507 e. The number of piperidine rings is 1. The number of hydroxylamine groups is 1. The maximum atomic E-state index is 14.8. The Hall–Kier alpha value is -5.90. The van der Waals surface area contributed by atoms with Gasteiger partial charge in [-0.25, -0.2) is 24.8 Å². The average Bonchev–Trinajstić information content (AvgIpc) is 3.09. The lowest BCUT2D eigenvalue weighted by atomic mass is 9.90. The first-order valence-corrected chi connectivity index (χ1v) is 14.5. The smallest absolute Gasteiger partial charge is 0.419 e. The lowest BCUT2D eigenvalue weighted by molar-refractivity contribution is -0.138. The van der Waals surface area contributed by atoms with E-state index in [-0.39, 0.29) is 39.4 Å². The normalized spacial score (nSPS) is 13.7. The van der Waals surface area contributed by atoms with Gasteiger partial charge in [0.2, 0.25) is 0 Å². The Balaban J connectivity index is 1.39. The molecule has 0 saturated carbocycles. The van der Waals surface area contributed by atoms with Gasteiger partial charge in [0, 0.05) is 67.0 Å². The summed E-state index contributed by atoms with van der Waals surface area (Å²) in [6.45, 7) is 1.46. The summed E-state index contributed by atoms with van der Waals surface area (Å²) in [5.74, 6) is -1.96. The molecule has 0 aliphatic carbocycles. The summed E-state index contributed by atoms with van der Waals surface area (Å²) in [5.41, 5.74) is 1.61. The minimum atomic E-state index is -4.79. The topological polar surface area (TPSA) is 171 Å². The molecule has 11 nitrogen and oxygen atoms in total. The molecule has 48 heavy (non-hydrogen) atoms. The predicted molar refractivity (Wildman–Crippen MR) is 164 cm³/mol. The Morgan fingerprint density at radius 2 is 1.73 bits per heavy atom. The summed E-state index contributed by atoms with van der Waals surface area (Å²) in [4.78, 5) is 25.9. The van der Waals surface area contributed by atoms with Crippen molar-refractivity contribution in [2.45, 2.75) is 31.6 Å². The number of aromatic nitrogens is 3. The number of hydrogen-bond donors (Lipinski definition) is 4. The molecule has 4 aromatic rings. The number of aromatic hydroxyl groups is 1. The predicted octanol–water partition coefficient (Wildman–Crippen LogP) is 5.09. The second-order valence-corrected chi connectivity index (χ2v) is 10.8. The van der Waals surface area contributed by atoms with E-state index in [0.29, 0.717) is 44.1 Å². The number of rotatable bonds is 8. The number of nitriles is 2. The quantitative estimate of drug-likeness (QED) is 0.0865. The molecule has 2 aromatic carbocycles. The monoisotopic (exact) mass is 658 g/mol. The fourth-order valence-electron chi connectivity index (χ4n) is 5.35. The number of benzene rings is 2. The fraction of sp³-hybridized carbons (Fsp3) is 0.212. The molecule has 1 fully saturated rings. The Kier molecular flexibility index (Phi) is 9.93. The molecule has 1 saturated heterocycles. The molecule has 0 radical (unpaired) electrons. The van der Waals surface area contributed by atoms with Gasteiger partial charge < -0.3 is 15.3 Å². The third kappa shape index (κ3) is 7.39. The van der Waals surface area contributed by atoms with Crippen LogP contribution in [0.1, 0.15) is 40.9 Å². The van der Waals surface area contributed by atoms with Crippen LogP contribution in [0.25, 0.3) is 28.3 Å². The van der Waals surface area contributed by atoms with Crippen molar-refractivity contribution < 1.29 is 32.7 Å². The van der Waals surface area contributed by atoms with Gasteiger partial charge in [-0.1, -0.05) is 12.1 Å². The zero-order valence-electron chi connectivity index (χ0n) is 25.0. The van der Waals surface area contributed by atoms with Crippen molar-refractivity contribution in [2.75, 3.05) is 18.0 Å². The zero-order valence-corrected chi connectivity index (χ0v) is 25.0. The Morgan fingerprint density at radius 1 is 1.02 bits per heavy atom. The third-order valence-corrected chi connectivity index (χ3v) is 7.77. The highest BCUT2D eigenvalue weighted by molar-refractivity contribution is 5.91. The van der Waals surface area contributed by atoms with Gasteiger partial charge in [-0.2, -0.15) is 23.7 Å². The lowest BCUT2D eigenvalue weighted by Crippen LogP contribution is -2.43. The number of phenols is 1. The standard InChI is InChI=1S/C33H26F4N8O3/c34-27-11-21(1-2-22(27)13-38)31-24(14-39)32(43-18-25(31)20-3-4-26(28(46)12-20)33(35,36)37)45-9-7-23(8-10-45)40-15-19-16-41-29(42-17-19)5-6-30(47)44-48/h1-6,11-12,16-18,23,40,46,48H,7-10,15H2,(H,44,47)/b6-5+. The SMILES string of the molecule is N#Cc1ccc(-c2c(-c3ccc(C(F)(F)F)c(O)c3)cnc(N3CCC(NCc4cnc(/C=C/C(=O)NO)nc4)CC3)c2C#N)cc1F. The number of alkyl halides is 3. The lowest BCUT2D eigenvalue weighted by Gasteiger charge is -2.34. The number of hydrogen-bond acceptors (Lipinski definition) is 10. The third-order valence-electron chi connectivity index (χ3n) is 7.77. The van der Waals surface area contributed by atoms with Crippen molar-refractivity contribution in [1.29, 1.82) is 10.5 Å². The second kappa shape index (κ2) is 14.3. The van der Waals surface area contributed by atoms with Gasteiger partial charge in [0.15, 0.2) is 5.82 Å². The highest BCUT2D eigenvalue weighted by Crippen LogP contribution is 2.42. The van der Waals surface area contributed by atoms with Gasteiger partial charge >= 0.3 is 6.18 Å². The maximum absolute atomic E-state index is 14.8. The van der Waals surface area contributed by atoms with E-state index in [1.54, 1.807) is 18.5 Å². The van der Waals surface area contributed by atoms with Crippen LogP contribution in [0.4, 0.5) is 23.4 Å². The first kappa shape index (κ1) is 33.5. The van der Waals surface area contributed by atoms with Gasteiger partial charge in [-0.3, -0.25) is 10.0 Å². The zero-order chi connectivity index (χ0) is 34.4. The molecule has 2 aromatic heterocycles. The van der Waals surface area contributed by atoms with Crippen LogP contribution in [-0.2, 0) is 17.5 Å². The van der Waals surface area contributed by atoms with E-state index in [1.165, 1.54) is 29.9 Å². The van der Waals surface area contributed by atoms with Gasteiger partial charge in [0.05, 0.1) is 11.1 Å². The van der Waals surface area contributed by atoms with E-state index in [2.05, 4.69) is 26.3 Å².